The molecule has 21 heavy (non-hydrogen) atoms. The van der Waals surface area contributed by atoms with E-state index in [-0.39, 0.29) is 13.0 Å². The Labute approximate surface area is 128 Å². The molecule has 0 radical (unpaired) electrons. The molecule has 1 rings (SSSR count). The number of hydrogen-bond donors (Lipinski definition) is 1. The minimum absolute atomic E-state index is 0.0451. The maximum Gasteiger partial charge on any atom is 0.325 e. The zero-order valence-corrected chi connectivity index (χ0v) is 12.2. The summed E-state index contributed by atoms with van der Waals surface area (Å²) in [5.41, 5.74) is 1.12. The fraction of sp³-hybridized carbons (Fsp3) is 0.267. The van der Waals surface area contributed by atoms with Crippen molar-refractivity contribution in [1.29, 1.82) is 10.5 Å². The third kappa shape index (κ3) is 5.18. The SMILES string of the molecule is COC(=O)CN/C=C(\C#N)[C@H](CC#N)c1cccc(Cl)c1. The third-order valence-electron chi connectivity index (χ3n) is 2.78. The highest BCUT2D eigenvalue weighted by atomic mass is 35.5. The zero-order valence-electron chi connectivity index (χ0n) is 11.5. The second kappa shape index (κ2) is 8.63. The van der Waals surface area contributed by atoms with Crippen molar-refractivity contribution in [3.8, 4) is 12.1 Å². The predicted molar refractivity (Wildman–Crippen MR) is 78.1 cm³/mol. The first-order valence-electron chi connectivity index (χ1n) is 6.15. The van der Waals surface area contributed by atoms with Crippen LogP contribution >= 0.6 is 11.6 Å². The highest BCUT2D eigenvalue weighted by Crippen LogP contribution is 2.28. The Morgan fingerprint density at radius 1 is 1.52 bits per heavy atom. The third-order valence-corrected chi connectivity index (χ3v) is 3.02. The lowest BCUT2D eigenvalue weighted by Gasteiger charge is -2.14. The molecule has 0 aliphatic heterocycles. The summed E-state index contributed by atoms with van der Waals surface area (Å²) >= 11 is 5.94. The first kappa shape index (κ1) is 16.6. The Hall–Kier alpha value is -2.50. The molecular formula is C15H14ClN3O2. The van der Waals surface area contributed by atoms with Crippen LogP contribution in [0.1, 0.15) is 17.9 Å². The van der Waals surface area contributed by atoms with Crippen LogP contribution in [0, 0.1) is 22.7 Å². The van der Waals surface area contributed by atoms with Crippen molar-refractivity contribution in [1.82, 2.24) is 5.32 Å². The van der Waals surface area contributed by atoms with Gasteiger partial charge in [-0.1, -0.05) is 23.7 Å². The van der Waals surface area contributed by atoms with Crippen molar-refractivity contribution in [3.63, 3.8) is 0 Å². The molecule has 6 heteroatoms. The standard InChI is InChI=1S/C15H14ClN3O2/c1-21-15(20)10-19-9-12(8-18)14(5-6-17)11-3-2-4-13(16)7-11/h2-4,7,9,14,19H,5,10H2,1H3/b12-9+/t14-/m1/s1. The van der Waals surface area contributed by atoms with Gasteiger partial charge in [-0.25, -0.2) is 0 Å². The molecule has 0 amide bonds. The molecular weight excluding hydrogens is 290 g/mol. The smallest absolute Gasteiger partial charge is 0.325 e. The van der Waals surface area contributed by atoms with Crippen LogP contribution in [0.15, 0.2) is 36.0 Å². The monoisotopic (exact) mass is 303 g/mol. The number of halogens is 1. The summed E-state index contributed by atoms with van der Waals surface area (Å²) in [6.07, 6.45) is 1.57. The van der Waals surface area contributed by atoms with Crippen LogP contribution in [0.2, 0.25) is 5.02 Å². The molecule has 0 heterocycles. The van der Waals surface area contributed by atoms with Crippen LogP contribution in [-0.2, 0) is 9.53 Å². The number of nitrogens with one attached hydrogen (secondary N) is 1. The lowest BCUT2D eigenvalue weighted by atomic mass is 9.90. The van der Waals surface area contributed by atoms with Gasteiger partial charge in [0, 0.05) is 23.6 Å². The molecule has 0 fully saturated rings. The number of nitriles is 2. The summed E-state index contributed by atoms with van der Waals surface area (Å²) in [6.45, 7) is -0.0451. The average Bonchev–Trinajstić information content (AvgIpc) is 2.49. The molecule has 1 N–H and O–H groups in total. The molecule has 1 aromatic rings. The van der Waals surface area contributed by atoms with Crippen LogP contribution < -0.4 is 5.32 Å². The summed E-state index contributed by atoms with van der Waals surface area (Å²) in [6, 6.07) is 11.1. The van der Waals surface area contributed by atoms with Gasteiger partial charge in [-0.05, 0) is 17.7 Å². The fourth-order valence-electron chi connectivity index (χ4n) is 1.75. The number of allylic oxidation sites excluding steroid dienone is 1. The number of nitrogens with zero attached hydrogens (tertiary/aromatic N) is 2. The van der Waals surface area contributed by atoms with Gasteiger partial charge < -0.3 is 10.1 Å². The molecule has 0 aromatic heterocycles. The number of esters is 1. The number of hydrogen-bond acceptors (Lipinski definition) is 5. The number of benzene rings is 1. The van der Waals surface area contributed by atoms with E-state index >= 15 is 0 Å². The Morgan fingerprint density at radius 2 is 2.29 bits per heavy atom. The van der Waals surface area contributed by atoms with Gasteiger partial charge in [0.05, 0.1) is 24.8 Å². The van der Waals surface area contributed by atoms with Crippen molar-refractivity contribution >= 4 is 17.6 Å². The summed E-state index contributed by atoms with van der Waals surface area (Å²) in [5.74, 6) is -0.841. The van der Waals surface area contributed by atoms with Gasteiger partial charge >= 0.3 is 5.97 Å². The molecule has 1 aromatic carbocycles. The van der Waals surface area contributed by atoms with Gasteiger partial charge in [0.15, 0.2) is 0 Å². The van der Waals surface area contributed by atoms with Gasteiger partial charge in [0.1, 0.15) is 6.54 Å². The largest absolute Gasteiger partial charge is 0.468 e. The van der Waals surface area contributed by atoms with E-state index in [1.54, 1.807) is 24.3 Å². The molecule has 0 bridgehead atoms. The van der Waals surface area contributed by atoms with Crippen molar-refractivity contribution in [2.45, 2.75) is 12.3 Å². The van der Waals surface area contributed by atoms with E-state index < -0.39 is 11.9 Å². The van der Waals surface area contributed by atoms with E-state index in [1.165, 1.54) is 13.3 Å². The minimum Gasteiger partial charge on any atom is -0.468 e. The second-order valence-electron chi connectivity index (χ2n) is 4.14. The van der Waals surface area contributed by atoms with Crippen LogP contribution in [0.3, 0.4) is 0 Å². The molecule has 5 nitrogen and oxygen atoms in total. The van der Waals surface area contributed by atoms with Crippen molar-refractivity contribution < 1.29 is 9.53 Å². The topological polar surface area (TPSA) is 85.9 Å². The first-order valence-corrected chi connectivity index (χ1v) is 6.53. The van der Waals surface area contributed by atoms with Crippen LogP contribution in [-0.4, -0.2) is 19.6 Å². The van der Waals surface area contributed by atoms with Gasteiger partial charge in [0.25, 0.3) is 0 Å². The van der Waals surface area contributed by atoms with Crippen LogP contribution in [0.4, 0.5) is 0 Å². The number of rotatable bonds is 6. The Bertz CT molecular complexity index is 614. The average molecular weight is 304 g/mol. The maximum atomic E-state index is 11.0. The van der Waals surface area contributed by atoms with Gasteiger partial charge in [-0.15, -0.1) is 0 Å². The normalized spacial score (nSPS) is 11.9. The highest BCUT2D eigenvalue weighted by Gasteiger charge is 2.17. The maximum absolute atomic E-state index is 11.0. The molecule has 108 valence electrons. The minimum atomic E-state index is -0.442. The molecule has 0 aliphatic rings. The second-order valence-corrected chi connectivity index (χ2v) is 4.57. The lowest BCUT2D eigenvalue weighted by Crippen LogP contribution is -2.20. The quantitative estimate of drug-likeness (QED) is 0.644. The summed E-state index contributed by atoms with van der Waals surface area (Å²) in [4.78, 5) is 11.0. The van der Waals surface area contributed by atoms with Crippen molar-refractivity contribution in [2.24, 2.45) is 0 Å². The molecule has 1 atom stereocenters. The van der Waals surface area contributed by atoms with E-state index in [4.69, 9.17) is 16.9 Å². The fourth-order valence-corrected chi connectivity index (χ4v) is 1.95. The van der Waals surface area contributed by atoms with Gasteiger partial charge in [-0.3, -0.25) is 4.79 Å². The van der Waals surface area contributed by atoms with E-state index in [0.29, 0.717) is 10.6 Å². The number of carbonyl (C=O) groups is 1. The number of ether oxygens (including phenoxy) is 1. The number of methoxy groups -OCH3 is 1. The van der Waals surface area contributed by atoms with Gasteiger partial charge in [0.2, 0.25) is 0 Å². The van der Waals surface area contributed by atoms with E-state index in [0.717, 1.165) is 5.56 Å². The van der Waals surface area contributed by atoms with Crippen molar-refractivity contribution in [2.75, 3.05) is 13.7 Å². The van der Waals surface area contributed by atoms with Crippen LogP contribution in [0.5, 0.6) is 0 Å². The van der Waals surface area contributed by atoms with Gasteiger partial charge in [-0.2, -0.15) is 10.5 Å². The predicted octanol–water partition coefficient (Wildman–Crippen LogP) is 2.51. The molecule has 0 spiro atoms. The zero-order chi connectivity index (χ0) is 15.7. The molecule has 0 saturated carbocycles. The van der Waals surface area contributed by atoms with E-state index in [2.05, 4.69) is 16.1 Å². The van der Waals surface area contributed by atoms with Crippen molar-refractivity contribution in [3.05, 3.63) is 46.6 Å². The number of carbonyl (C=O) groups excluding carboxylic acids is 1. The highest BCUT2D eigenvalue weighted by molar-refractivity contribution is 6.30. The summed E-state index contributed by atoms with van der Waals surface area (Å²) in [5, 5.41) is 21.5. The Morgan fingerprint density at radius 3 is 2.86 bits per heavy atom. The molecule has 0 unspecified atom stereocenters. The summed E-state index contributed by atoms with van der Waals surface area (Å²) in [7, 11) is 1.28. The summed E-state index contributed by atoms with van der Waals surface area (Å²) < 4.78 is 4.49. The lowest BCUT2D eigenvalue weighted by molar-refractivity contribution is -0.139. The Kier molecular flexibility index (Phi) is 6.80. The first-order chi connectivity index (χ1) is 10.1. The Balaban J connectivity index is 2.96. The van der Waals surface area contributed by atoms with Crippen LogP contribution in [0.25, 0.3) is 0 Å². The van der Waals surface area contributed by atoms with E-state index in [9.17, 15) is 10.1 Å². The molecule has 0 aliphatic carbocycles. The van der Waals surface area contributed by atoms with E-state index in [1.807, 2.05) is 6.07 Å². The molecule has 0 saturated heterocycles.